The lowest BCUT2D eigenvalue weighted by molar-refractivity contribution is 1.28. The maximum Gasteiger partial charge on any atom is 0.159 e. The van der Waals surface area contributed by atoms with Crippen LogP contribution in [0.4, 0.5) is 11.5 Å². The van der Waals surface area contributed by atoms with Gasteiger partial charge in [-0.1, -0.05) is 23.7 Å². The highest BCUT2D eigenvalue weighted by molar-refractivity contribution is 7.12. The molecule has 1 aromatic heterocycles. The third-order valence-electron chi connectivity index (χ3n) is 1.96. The SMILES string of the molecule is Cc1nc(Nc2ccccc2Cl)c(C#N)s1. The van der Waals surface area contributed by atoms with Gasteiger partial charge in [0.1, 0.15) is 10.9 Å². The third kappa shape index (κ3) is 2.16. The minimum absolute atomic E-state index is 0.567. The molecule has 1 heterocycles. The van der Waals surface area contributed by atoms with Crippen LogP contribution in [-0.2, 0) is 0 Å². The van der Waals surface area contributed by atoms with E-state index in [0.29, 0.717) is 15.7 Å². The fraction of sp³-hybridized carbons (Fsp3) is 0.0909. The Balaban J connectivity index is 2.35. The van der Waals surface area contributed by atoms with E-state index in [-0.39, 0.29) is 0 Å². The first-order valence-corrected chi connectivity index (χ1v) is 5.79. The molecule has 0 amide bonds. The van der Waals surface area contributed by atoms with Gasteiger partial charge in [-0.2, -0.15) is 5.26 Å². The van der Waals surface area contributed by atoms with Gasteiger partial charge in [-0.3, -0.25) is 0 Å². The minimum Gasteiger partial charge on any atom is -0.337 e. The number of benzene rings is 1. The largest absolute Gasteiger partial charge is 0.337 e. The van der Waals surface area contributed by atoms with Crippen molar-refractivity contribution >= 4 is 34.4 Å². The molecule has 1 aromatic carbocycles. The maximum absolute atomic E-state index is 8.93. The zero-order valence-electron chi connectivity index (χ0n) is 8.49. The quantitative estimate of drug-likeness (QED) is 0.883. The van der Waals surface area contributed by atoms with Crippen molar-refractivity contribution < 1.29 is 0 Å². The van der Waals surface area contributed by atoms with Crippen molar-refractivity contribution in [1.82, 2.24) is 4.98 Å². The normalized spacial score (nSPS) is 9.81. The summed E-state index contributed by atoms with van der Waals surface area (Å²) in [6.07, 6.45) is 0. The molecule has 0 unspecified atom stereocenters. The summed E-state index contributed by atoms with van der Waals surface area (Å²) in [5, 5.41) is 13.4. The Bertz CT molecular complexity index is 557. The first-order valence-electron chi connectivity index (χ1n) is 4.60. The lowest BCUT2D eigenvalue weighted by atomic mass is 10.3. The Hall–Kier alpha value is -1.57. The molecular weight excluding hydrogens is 242 g/mol. The van der Waals surface area contributed by atoms with Crippen LogP contribution in [0.15, 0.2) is 24.3 Å². The molecule has 0 spiro atoms. The Labute approximate surface area is 102 Å². The second-order valence-corrected chi connectivity index (χ2v) is 4.74. The average molecular weight is 250 g/mol. The number of hydrogen-bond donors (Lipinski definition) is 1. The predicted molar refractivity (Wildman–Crippen MR) is 66.3 cm³/mol. The summed E-state index contributed by atoms with van der Waals surface area (Å²) in [5.74, 6) is 0.568. The van der Waals surface area contributed by atoms with Gasteiger partial charge in [-0.25, -0.2) is 4.98 Å². The van der Waals surface area contributed by atoms with E-state index in [4.69, 9.17) is 16.9 Å². The number of aryl methyl sites for hydroxylation is 1. The minimum atomic E-state index is 0.567. The zero-order valence-corrected chi connectivity index (χ0v) is 10.1. The maximum atomic E-state index is 8.93. The highest BCUT2D eigenvalue weighted by Gasteiger charge is 2.09. The van der Waals surface area contributed by atoms with Crippen LogP contribution in [0.3, 0.4) is 0 Å². The summed E-state index contributed by atoms with van der Waals surface area (Å²) in [5.41, 5.74) is 0.756. The van der Waals surface area contributed by atoms with Crippen molar-refractivity contribution in [2.24, 2.45) is 0 Å². The molecule has 0 aliphatic heterocycles. The lowest BCUT2D eigenvalue weighted by Gasteiger charge is -2.04. The summed E-state index contributed by atoms with van der Waals surface area (Å²) in [7, 11) is 0. The lowest BCUT2D eigenvalue weighted by Crippen LogP contribution is -1.93. The smallest absolute Gasteiger partial charge is 0.159 e. The second-order valence-electron chi connectivity index (χ2n) is 3.13. The monoisotopic (exact) mass is 249 g/mol. The summed E-state index contributed by atoms with van der Waals surface area (Å²) >= 11 is 7.37. The van der Waals surface area contributed by atoms with Crippen LogP contribution in [0.2, 0.25) is 5.02 Å². The van der Waals surface area contributed by atoms with Crippen molar-refractivity contribution in [2.45, 2.75) is 6.92 Å². The molecule has 0 aliphatic rings. The van der Waals surface area contributed by atoms with Crippen molar-refractivity contribution in [1.29, 1.82) is 5.26 Å². The number of para-hydroxylation sites is 1. The van der Waals surface area contributed by atoms with Crippen LogP contribution >= 0.6 is 22.9 Å². The van der Waals surface area contributed by atoms with Gasteiger partial charge in [-0.15, -0.1) is 11.3 Å². The van der Waals surface area contributed by atoms with Gasteiger partial charge in [0.2, 0.25) is 0 Å². The van der Waals surface area contributed by atoms with Crippen LogP contribution in [0.1, 0.15) is 9.88 Å². The summed E-state index contributed by atoms with van der Waals surface area (Å²) in [6.45, 7) is 1.86. The highest BCUT2D eigenvalue weighted by atomic mass is 35.5. The number of nitrogens with zero attached hydrogens (tertiary/aromatic N) is 2. The summed E-state index contributed by atoms with van der Waals surface area (Å²) in [6, 6.07) is 9.47. The molecule has 0 bridgehead atoms. The predicted octanol–water partition coefficient (Wildman–Crippen LogP) is 3.72. The van der Waals surface area contributed by atoms with Gasteiger partial charge in [0.15, 0.2) is 5.82 Å². The van der Waals surface area contributed by atoms with E-state index in [2.05, 4.69) is 16.4 Å². The molecule has 0 saturated carbocycles. The number of aromatic nitrogens is 1. The number of nitriles is 1. The molecule has 0 aliphatic carbocycles. The van der Waals surface area contributed by atoms with Crippen LogP contribution < -0.4 is 5.32 Å². The summed E-state index contributed by atoms with van der Waals surface area (Å²) < 4.78 is 0. The fourth-order valence-corrected chi connectivity index (χ4v) is 2.13. The Kier molecular flexibility index (Phi) is 3.09. The molecule has 0 saturated heterocycles. The molecule has 0 radical (unpaired) electrons. The second kappa shape index (κ2) is 4.52. The Morgan fingerprint density at radius 2 is 2.19 bits per heavy atom. The van der Waals surface area contributed by atoms with Crippen LogP contribution in [-0.4, -0.2) is 4.98 Å². The van der Waals surface area contributed by atoms with Gasteiger partial charge in [0, 0.05) is 0 Å². The van der Waals surface area contributed by atoms with Crippen molar-refractivity contribution in [3.63, 3.8) is 0 Å². The molecule has 5 heteroatoms. The first kappa shape index (κ1) is 10.9. The van der Waals surface area contributed by atoms with Gasteiger partial charge >= 0.3 is 0 Å². The number of thiazole rings is 1. The van der Waals surface area contributed by atoms with Gasteiger partial charge < -0.3 is 5.32 Å². The van der Waals surface area contributed by atoms with E-state index in [0.717, 1.165) is 10.7 Å². The molecule has 0 atom stereocenters. The number of hydrogen-bond acceptors (Lipinski definition) is 4. The Morgan fingerprint density at radius 3 is 2.88 bits per heavy atom. The van der Waals surface area contributed by atoms with Crippen molar-refractivity contribution in [2.75, 3.05) is 5.32 Å². The van der Waals surface area contributed by atoms with E-state index in [1.54, 1.807) is 6.07 Å². The molecule has 0 fully saturated rings. The number of rotatable bonds is 2. The Morgan fingerprint density at radius 1 is 1.44 bits per heavy atom. The van der Waals surface area contributed by atoms with Crippen molar-refractivity contribution in [3.8, 4) is 6.07 Å². The number of anilines is 2. The van der Waals surface area contributed by atoms with E-state index in [1.807, 2.05) is 25.1 Å². The molecule has 1 N–H and O–H groups in total. The first-order chi connectivity index (χ1) is 7.70. The van der Waals surface area contributed by atoms with E-state index >= 15 is 0 Å². The van der Waals surface area contributed by atoms with Crippen LogP contribution in [0, 0.1) is 18.3 Å². The third-order valence-corrected chi connectivity index (χ3v) is 3.17. The zero-order chi connectivity index (χ0) is 11.5. The van der Waals surface area contributed by atoms with Crippen molar-refractivity contribution in [3.05, 3.63) is 39.2 Å². The molecule has 2 rings (SSSR count). The number of halogens is 1. The van der Waals surface area contributed by atoms with E-state index in [9.17, 15) is 0 Å². The van der Waals surface area contributed by atoms with E-state index in [1.165, 1.54) is 11.3 Å². The fourth-order valence-electron chi connectivity index (χ4n) is 1.28. The standard InChI is InChI=1S/C11H8ClN3S/c1-7-14-11(10(6-13)16-7)15-9-5-3-2-4-8(9)12/h2-5,15H,1H3. The molecule has 2 aromatic rings. The van der Waals surface area contributed by atoms with Gasteiger partial charge in [-0.05, 0) is 19.1 Å². The highest BCUT2D eigenvalue weighted by Crippen LogP contribution is 2.28. The van der Waals surface area contributed by atoms with Crippen LogP contribution in [0.25, 0.3) is 0 Å². The topological polar surface area (TPSA) is 48.7 Å². The van der Waals surface area contributed by atoms with E-state index < -0.39 is 0 Å². The van der Waals surface area contributed by atoms with Gasteiger partial charge in [0.05, 0.1) is 15.7 Å². The average Bonchev–Trinajstić information content (AvgIpc) is 2.62. The van der Waals surface area contributed by atoms with Gasteiger partial charge in [0.25, 0.3) is 0 Å². The molecule has 80 valence electrons. The molecule has 3 nitrogen and oxygen atoms in total. The summed E-state index contributed by atoms with van der Waals surface area (Å²) in [4.78, 5) is 4.81. The molecule has 16 heavy (non-hydrogen) atoms. The number of nitrogens with one attached hydrogen (secondary N) is 1. The van der Waals surface area contributed by atoms with Crippen LogP contribution in [0.5, 0.6) is 0 Å². The molecular formula is C11H8ClN3S.